The highest BCUT2D eigenvalue weighted by Gasteiger charge is 2.17. The average Bonchev–Trinajstić information content (AvgIpc) is 0.895. The molecule has 0 heterocycles. The van der Waals surface area contributed by atoms with Gasteiger partial charge < -0.3 is 101 Å². The monoisotopic (exact) mass is 1540 g/mol. The van der Waals surface area contributed by atoms with E-state index in [4.69, 9.17) is 101 Å². The molecule has 0 saturated heterocycles. The third-order valence-electron chi connectivity index (χ3n) is 12.2. The van der Waals surface area contributed by atoms with Gasteiger partial charge in [-0.15, -0.1) is 0 Å². The van der Waals surface area contributed by atoms with E-state index in [-0.39, 0.29) is 81.8 Å². The molecule has 6 rings (SSSR count). The van der Waals surface area contributed by atoms with Crippen LogP contribution >= 0.6 is 0 Å². The summed E-state index contributed by atoms with van der Waals surface area (Å²) in [4.78, 5) is 150. The lowest BCUT2D eigenvalue weighted by atomic mass is 10.1. The number of carbonyl (C=O) groups is 14. The van der Waals surface area contributed by atoms with Crippen LogP contribution < -0.4 is 91.2 Å². The molecule has 598 valence electrons. The van der Waals surface area contributed by atoms with E-state index in [1.165, 1.54) is 83.1 Å². The summed E-state index contributed by atoms with van der Waals surface area (Å²) in [6.45, 7) is 18.4. The molecule has 0 fully saturated rings. The van der Waals surface area contributed by atoms with Crippen molar-refractivity contribution in [1.82, 2.24) is 0 Å². The maximum Gasteiger partial charge on any atom is 0.308 e. The predicted molar refractivity (Wildman–Crippen MR) is 395 cm³/mol. The van der Waals surface area contributed by atoms with Gasteiger partial charge in [0.1, 0.15) is 0 Å². The molecule has 0 bridgehead atoms. The highest BCUT2D eigenvalue weighted by molar-refractivity contribution is 5.79. The number of hydrogen-bond donors (Lipinski definition) is 8. The summed E-state index contributed by atoms with van der Waals surface area (Å²) in [5.41, 5.74) is 38.1. The number of nitrogens with two attached hydrogens (primary N) is 6. The first-order valence-electron chi connectivity index (χ1n) is 33.4. The number of carboxylic acid groups (broad SMARTS) is 2. The van der Waals surface area contributed by atoms with Gasteiger partial charge >= 0.3 is 83.6 Å². The van der Waals surface area contributed by atoms with E-state index in [1.807, 2.05) is 0 Å². The molecular formula is C76H96N6O28. The summed E-state index contributed by atoms with van der Waals surface area (Å²) in [7, 11) is 0. The summed E-state index contributed by atoms with van der Waals surface area (Å²) < 4.78 is 59.4. The van der Waals surface area contributed by atoms with Gasteiger partial charge in [-0.25, -0.2) is 0 Å². The van der Waals surface area contributed by atoms with Crippen molar-refractivity contribution in [3.63, 3.8) is 0 Å². The molecule has 0 saturated carbocycles. The molecule has 6 aromatic rings. The number of esters is 12. The van der Waals surface area contributed by atoms with Crippen LogP contribution in [0.3, 0.4) is 0 Å². The fourth-order valence-corrected chi connectivity index (χ4v) is 8.30. The Morgan fingerprint density at radius 3 is 0.409 bits per heavy atom. The summed E-state index contributed by atoms with van der Waals surface area (Å²) in [6.07, 6.45) is 3.38. The van der Waals surface area contributed by atoms with Crippen molar-refractivity contribution in [3.8, 4) is 69.0 Å². The van der Waals surface area contributed by atoms with E-state index >= 15 is 0 Å². The standard InChI is InChI=1S/6C12H15NO4.C4H6O4/c6*1-8(14)16-11-4-3-10(5-6-13)7-12(11)17-9(2)15;5-3(6)1-2-4(7)8/h6*3-4,7H,5-6,13H2,1-2H3;1-2H2,(H,5,6)(H,7,8). The molecule has 34 nitrogen and oxygen atoms in total. The lowest BCUT2D eigenvalue weighted by Gasteiger charge is -2.10. The van der Waals surface area contributed by atoms with Crippen LogP contribution in [-0.4, -0.2) is 133 Å². The Morgan fingerprint density at radius 2 is 0.318 bits per heavy atom. The first kappa shape index (κ1) is 97.7. The fourth-order valence-electron chi connectivity index (χ4n) is 8.30. The number of carbonyl (C=O) groups excluding carboxylic acids is 12. The molecule has 0 radical (unpaired) electrons. The van der Waals surface area contributed by atoms with Gasteiger partial charge in [-0.3, -0.25) is 67.1 Å². The number of ether oxygens (including phenoxy) is 12. The van der Waals surface area contributed by atoms with E-state index in [2.05, 4.69) is 0 Å². The molecule has 0 unspecified atom stereocenters. The number of rotatable bonds is 27. The van der Waals surface area contributed by atoms with Crippen LogP contribution in [0.4, 0.5) is 0 Å². The van der Waals surface area contributed by atoms with Crippen LogP contribution in [-0.2, 0) is 106 Å². The topological polar surface area (TPSA) is 546 Å². The zero-order chi connectivity index (χ0) is 83.6. The zero-order valence-electron chi connectivity index (χ0n) is 63.3. The summed E-state index contributed by atoms with van der Waals surface area (Å²) in [5, 5.41) is 15.8. The van der Waals surface area contributed by atoms with Crippen molar-refractivity contribution in [3.05, 3.63) is 143 Å². The van der Waals surface area contributed by atoms with Gasteiger partial charge in [0, 0.05) is 83.1 Å². The van der Waals surface area contributed by atoms with Crippen LogP contribution in [0.1, 0.15) is 129 Å². The molecule has 0 aliphatic heterocycles. The lowest BCUT2D eigenvalue weighted by Crippen LogP contribution is -2.08. The second kappa shape index (κ2) is 54.3. The number of benzene rings is 6. The molecule has 14 N–H and O–H groups in total. The summed E-state index contributed by atoms with van der Waals surface area (Å²) >= 11 is 0. The van der Waals surface area contributed by atoms with Crippen molar-refractivity contribution in [2.45, 2.75) is 134 Å². The first-order chi connectivity index (χ1) is 51.8. The fraction of sp³-hybridized carbons (Fsp3) is 0.342. The van der Waals surface area contributed by atoms with Crippen molar-refractivity contribution < 1.29 is 134 Å². The van der Waals surface area contributed by atoms with Gasteiger partial charge in [-0.2, -0.15) is 0 Å². The molecule has 110 heavy (non-hydrogen) atoms. The SMILES string of the molecule is CC(=O)Oc1ccc(CCN)cc1OC(C)=O.CC(=O)Oc1ccc(CCN)cc1OC(C)=O.CC(=O)Oc1ccc(CCN)cc1OC(C)=O.CC(=O)Oc1ccc(CCN)cc1OC(C)=O.CC(=O)Oc1ccc(CCN)cc1OC(C)=O.CC(=O)Oc1ccc(CCN)cc1OC(C)=O.O=C(O)CCC(=O)O. The van der Waals surface area contributed by atoms with Gasteiger partial charge in [-0.1, -0.05) is 36.4 Å². The molecule has 0 aliphatic rings. The maximum atomic E-state index is 10.9. The minimum Gasteiger partial charge on any atom is -0.481 e. The van der Waals surface area contributed by atoms with Crippen LogP contribution in [0.5, 0.6) is 69.0 Å². The van der Waals surface area contributed by atoms with Crippen molar-refractivity contribution in [2.24, 2.45) is 34.4 Å². The summed E-state index contributed by atoms with van der Waals surface area (Å²) in [6, 6.07) is 30.1. The molecule has 0 spiro atoms. The third kappa shape index (κ3) is 45.9. The van der Waals surface area contributed by atoms with Gasteiger partial charge in [0.15, 0.2) is 69.0 Å². The van der Waals surface area contributed by atoms with Crippen LogP contribution in [0.15, 0.2) is 109 Å². The predicted octanol–water partition coefficient (Wildman–Crippen LogP) is 6.17. The minimum absolute atomic E-state index is 0.230. The Labute approximate surface area is 635 Å². The van der Waals surface area contributed by atoms with E-state index in [0.29, 0.717) is 77.8 Å². The van der Waals surface area contributed by atoms with E-state index < -0.39 is 83.6 Å². The van der Waals surface area contributed by atoms with E-state index in [9.17, 15) is 67.1 Å². The third-order valence-corrected chi connectivity index (χ3v) is 12.2. The van der Waals surface area contributed by atoms with E-state index in [0.717, 1.165) is 33.4 Å². The van der Waals surface area contributed by atoms with Gasteiger partial charge in [0.2, 0.25) is 0 Å². The first-order valence-corrected chi connectivity index (χ1v) is 33.4. The Balaban J connectivity index is 0.00000127. The number of aliphatic carboxylic acids is 2. The second-order valence-electron chi connectivity index (χ2n) is 22.3. The van der Waals surface area contributed by atoms with Crippen molar-refractivity contribution in [2.75, 3.05) is 39.3 Å². The highest BCUT2D eigenvalue weighted by atomic mass is 16.6. The summed E-state index contributed by atoms with van der Waals surface area (Å²) in [5.74, 6) is -4.98. The number of hydrogen-bond acceptors (Lipinski definition) is 32. The average molecular weight is 1540 g/mol. The molecule has 34 heteroatoms. The van der Waals surface area contributed by atoms with Gasteiger partial charge in [0.25, 0.3) is 0 Å². The smallest absolute Gasteiger partial charge is 0.308 e. The van der Waals surface area contributed by atoms with Crippen LogP contribution in [0.2, 0.25) is 0 Å². The lowest BCUT2D eigenvalue weighted by molar-refractivity contribution is -0.143. The molecule has 6 aromatic carbocycles. The molecular weight excluding hydrogens is 1440 g/mol. The van der Waals surface area contributed by atoms with Crippen molar-refractivity contribution >= 4 is 83.6 Å². The Hall–Kier alpha value is -12.3. The molecule has 0 aliphatic carbocycles. The maximum absolute atomic E-state index is 10.9. The van der Waals surface area contributed by atoms with Crippen LogP contribution in [0, 0.1) is 0 Å². The minimum atomic E-state index is -1.08. The quantitative estimate of drug-likeness (QED) is 0.0211. The molecule has 0 aromatic heterocycles. The zero-order valence-corrected chi connectivity index (χ0v) is 63.3. The van der Waals surface area contributed by atoms with Gasteiger partial charge in [-0.05, 0) is 184 Å². The van der Waals surface area contributed by atoms with Gasteiger partial charge in [0.05, 0.1) is 12.8 Å². The Bertz CT molecular complexity index is 3450. The number of carboxylic acids is 2. The van der Waals surface area contributed by atoms with Crippen molar-refractivity contribution in [1.29, 1.82) is 0 Å². The van der Waals surface area contributed by atoms with Crippen LogP contribution in [0.25, 0.3) is 0 Å². The second-order valence-corrected chi connectivity index (χ2v) is 22.3. The molecule has 0 amide bonds. The Kier molecular flexibility index (Phi) is 48.2. The largest absolute Gasteiger partial charge is 0.481 e. The van der Waals surface area contributed by atoms with E-state index in [1.54, 1.807) is 109 Å². The Morgan fingerprint density at radius 1 is 0.209 bits per heavy atom. The normalized spacial score (nSPS) is 9.73. The highest BCUT2D eigenvalue weighted by Crippen LogP contribution is 2.34. The molecule has 0 atom stereocenters.